The Morgan fingerprint density at radius 3 is 2.17 bits per heavy atom. The van der Waals surface area contributed by atoms with Gasteiger partial charge in [0.1, 0.15) is 0 Å². The number of imide groups is 1. The summed E-state index contributed by atoms with van der Waals surface area (Å²) >= 11 is 3.52. The lowest BCUT2D eigenvalue weighted by atomic mass is 9.94. The van der Waals surface area contributed by atoms with E-state index in [0.717, 1.165) is 21.0 Å². The fourth-order valence-corrected chi connectivity index (χ4v) is 5.19. The Labute approximate surface area is 212 Å². The lowest BCUT2D eigenvalue weighted by Gasteiger charge is -2.30. The second kappa shape index (κ2) is 9.12. The molecule has 0 aliphatic carbocycles. The van der Waals surface area contributed by atoms with Crippen molar-refractivity contribution in [3.05, 3.63) is 111 Å². The summed E-state index contributed by atoms with van der Waals surface area (Å²) in [5.41, 5.74) is 4.26. The van der Waals surface area contributed by atoms with Gasteiger partial charge in [0.15, 0.2) is 0 Å². The van der Waals surface area contributed by atoms with E-state index in [-0.39, 0.29) is 30.8 Å². The van der Waals surface area contributed by atoms with E-state index in [1.165, 1.54) is 4.90 Å². The number of carbonyl (C=O) groups excluding carboxylic acids is 3. The molecule has 0 atom stereocenters. The number of aryl methyl sites for hydroxylation is 2. The van der Waals surface area contributed by atoms with Crippen LogP contribution in [0.15, 0.2) is 83.3 Å². The predicted octanol–water partition coefficient (Wildman–Crippen LogP) is 6.16. The molecule has 1 aliphatic heterocycles. The molecule has 0 fully saturated rings. The molecule has 5 nitrogen and oxygen atoms in total. The van der Waals surface area contributed by atoms with Gasteiger partial charge in [-0.25, -0.2) is 0 Å². The first-order valence-corrected chi connectivity index (χ1v) is 12.2. The molecular formula is C29H23BrN2O3. The second-order valence-corrected chi connectivity index (χ2v) is 9.61. The minimum atomic E-state index is -0.349. The van der Waals surface area contributed by atoms with E-state index in [1.54, 1.807) is 17.0 Å². The number of amides is 3. The smallest absolute Gasteiger partial charge is 0.261 e. The zero-order valence-electron chi connectivity index (χ0n) is 19.4. The van der Waals surface area contributed by atoms with Crippen LogP contribution < -0.4 is 4.90 Å². The first-order valence-electron chi connectivity index (χ1n) is 11.4. The molecule has 1 aliphatic rings. The van der Waals surface area contributed by atoms with Gasteiger partial charge in [0.2, 0.25) is 0 Å². The summed E-state index contributed by atoms with van der Waals surface area (Å²) < 4.78 is 0.835. The number of nitrogens with zero attached hydrogens (tertiary/aromatic N) is 2. The van der Waals surface area contributed by atoms with Crippen LogP contribution in [0.3, 0.4) is 0 Å². The molecule has 6 heteroatoms. The van der Waals surface area contributed by atoms with Gasteiger partial charge in [-0.05, 0) is 61.7 Å². The minimum Gasteiger partial charge on any atom is -0.307 e. The fraction of sp³-hybridized carbons (Fsp3) is 0.138. The van der Waals surface area contributed by atoms with Gasteiger partial charge in [0.25, 0.3) is 17.7 Å². The molecule has 0 saturated heterocycles. The first-order chi connectivity index (χ1) is 16.8. The van der Waals surface area contributed by atoms with Crippen LogP contribution >= 0.6 is 15.9 Å². The summed E-state index contributed by atoms with van der Waals surface area (Å²) in [4.78, 5) is 43.3. The summed E-state index contributed by atoms with van der Waals surface area (Å²) in [7, 11) is 0. The maximum absolute atomic E-state index is 13.6. The molecular weight excluding hydrogens is 504 g/mol. The van der Waals surface area contributed by atoms with Crippen LogP contribution in [0, 0.1) is 13.8 Å². The molecule has 0 radical (unpaired) electrons. The Morgan fingerprint density at radius 2 is 1.49 bits per heavy atom. The van der Waals surface area contributed by atoms with E-state index in [4.69, 9.17) is 0 Å². The van der Waals surface area contributed by atoms with E-state index >= 15 is 0 Å². The number of halogens is 1. The minimum absolute atomic E-state index is 0.0784. The summed E-state index contributed by atoms with van der Waals surface area (Å²) in [6.07, 6.45) is 0. The van der Waals surface area contributed by atoms with Crippen molar-refractivity contribution in [2.45, 2.75) is 13.8 Å². The van der Waals surface area contributed by atoms with Gasteiger partial charge in [-0.2, -0.15) is 0 Å². The third-order valence-corrected chi connectivity index (χ3v) is 6.96. The predicted molar refractivity (Wildman–Crippen MR) is 141 cm³/mol. The summed E-state index contributed by atoms with van der Waals surface area (Å²) in [5.74, 6) is -0.873. The Balaban J connectivity index is 1.48. The monoisotopic (exact) mass is 526 g/mol. The Hall–Kier alpha value is -3.77. The Morgan fingerprint density at radius 1 is 0.829 bits per heavy atom. The van der Waals surface area contributed by atoms with Crippen molar-refractivity contribution in [2.24, 2.45) is 0 Å². The van der Waals surface area contributed by atoms with Crippen molar-refractivity contribution in [1.82, 2.24) is 4.90 Å². The first kappa shape index (κ1) is 23.0. The molecule has 35 heavy (non-hydrogen) atoms. The zero-order valence-corrected chi connectivity index (χ0v) is 21.0. The van der Waals surface area contributed by atoms with Crippen LogP contribution in [0.4, 0.5) is 5.69 Å². The molecule has 1 heterocycles. The van der Waals surface area contributed by atoms with E-state index in [0.29, 0.717) is 27.8 Å². The van der Waals surface area contributed by atoms with Crippen LogP contribution in [-0.4, -0.2) is 35.7 Å². The number of benzene rings is 4. The van der Waals surface area contributed by atoms with E-state index in [9.17, 15) is 14.4 Å². The average molecular weight is 527 g/mol. The molecule has 0 spiro atoms. The molecule has 5 rings (SSSR count). The van der Waals surface area contributed by atoms with Crippen LogP contribution in [0.2, 0.25) is 0 Å². The van der Waals surface area contributed by atoms with E-state index in [2.05, 4.69) is 15.9 Å². The summed E-state index contributed by atoms with van der Waals surface area (Å²) in [6.45, 7) is 4.17. The van der Waals surface area contributed by atoms with Crippen molar-refractivity contribution >= 4 is 50.1 Å². The number of rotatable bonds is 5. The number of carbonyl (C=O) groups is 3. The third-order valence-electron chi connectivity index (χ3n) is 6.27. The lowest BCUT2D eigenvalue weighted by Crippen LogP contribution is -2.46. The molecule has 0 aromatic heterocycles. The molecule has 174 valence electrons. The number of hydrogen-bond donors (Lipinski definition) is 0. The van der Waals surface area contributed by atoms with Crippen molar-refractivity contribution in [3.63, 3.8) is 0 Å². The van der Waals surface area contributed by atoms with Gasteiger partial charge in [-0.3, -0.25) is 19.3 Å². The van der Waals surface area contributed by atoms with Crippen molar-refractivity contribution < 1.29 is 14.4 Å². The molecule has 0 bridgehead atoms. The third kappa shape index (κ3) is 4.15. The van der Waals surface area contributed by atoms with Gasteiger partial charge in [0, 0.05) is 45.3 Å². The number of hydrogen-bond acceptors (Lipinski definition) is 3. The van der Waals surface area contributed by atoms with Gasteiger partial charge in [0.05, 0.1) is 0 Å². The molecule has 0 unspecified atom stereocenters. The normalized spacial score (nSPS) is 12.8. The highest BCUT2D eigenvalue weighted by Gasteiger charge is 2.33. The van der Waals surface area contributed by atoms with Crippen LogP contribution in [0.25, 0.3) is 10.8 Å². The van der Waals surface area contributed by atoms with Crippen LogP contribution in [-0.2, 0) is 0 Å². The summed E-state index contributed by atoms with van der Waals surface area (Å²) in [5, 5.41) is 1.50. The number of para-hydroxylation sites is 1. The van der Waals surface area contributed by atoms with Gasteiger partial charge >= 0.3 is 0 Å². The molecule has 0 saturated carbocycles. The quantitative estimate of drug-likeness (QED) is 0.292. The summed E-state index contributed by atoms with van der Waals surface area (Å²) in [6, 6.07) is 24.1. The maximum atomic E-state index is 13.6. The molecule has 4 aromatic carbocycles. The van der Waals surface area contributed by atoms with Crippen LogP contribution in [0.1, 0.15) is 42.2 Å². The van der Waals surface area contributed by atoms with Crippen molar-refractivity contribution in [2.75, 3.05) is 18.0 Å². The Bertz CT molecular complexity index is 1450. The van der Waals surface area contributed by atoms with E-state index in [1.807, 2.05) is 80.6 Å². The topological polar surface area (TPSA) is 57.7 Å². The molecule has 3 amide bonds. The van der Waals surface area contributed by atoms with Gasteiger partial charge in [-0.15, -0.1) is 0 Å². The Kier molecular flexibility index (Phi) is 5.99. The zero-order chi connectivity index (χ0) is 24.7. The largest absolute Gasteiger partial charge is 0.307 e. The average Bonchev–Trinajstić information content (AvgIpc) is 2.85. The highest BCUT2D eigenvalue weighted by Crippen LogP contribution is 2.34. The van der Waals surface area contributed by atoms with E-state index < -0.39 is 0 Å². The SMILES string of the molecule is Cc1cc(C)cc(C(=O)N(CCN2C(=O)c3cccc4c(Br)ccc(c34)C2=O)c2ccccc2)c1. The standard InChI is InChI=1S/C29H23BrN2O3/c1-18-15-19(2)17-20(16-18)27(33)31(21-7-4-3-5-8-21)13-14-32-28(34)23-10-6-9-22-25(30)12-11-24(26(22)23)29(32)35/h3-12,15-17H,13-14H2,1-2H3. The van der Waals surface area contributed by atoms with Crippen molar-refractivity contribution in [3.8, 4) is 0 Å². The maximum Gasteiger partial charge on any atom is 0.261 e. The van der Waals surface area contributed by atoms with Crippen molar-refractivity contribution in [1.29, 1.82) is 0 Å². The van der Waals surface area contributed by atoms with Crippen LogP contribution in [0.5, 0.6) is 0 Å². The highest BCUT2D eigenvalue weighted by molar-refractivity contribution is 9.10. The number of anilines is 1. The highest BCUT2D eigenvalue weighted by atomic mass is 79.9. The van der Waals surface area contributed by atoms with Gasteiger partial charge < -0.3 is 4.90 Å². The fourth-order valence-electron chi connectivity index (χ4n) is 4.72. The van der Waals surface area contributed by atoms with Gasteiger partial charge in [-0.1, -0.05) is 63.5 Å². The second-order valence-electron chi connectivity index (χ2n) is 8.75. The molecule has 4 aromatic rings. The molecule has 0 N–H and O–H groups in total. The lowest BCUT2D eigenvalue weighted by molar-refractivity contribution is 0.0611.